The minimum atomic E-state index is -4.42. The Bertz CT molecular complexity index is 517. The summed E-state index contributed by atoms with van der Waals surface area (Å²) in [6.07, 6.45) is 0.434. The molecule has 0 aliphatic carbocycles. The number of hydroxylamine groups is 1. The minimum Gasteiger partial charge on any atom is -0.284 e. The fraction of sp³-hybridized carbons (Fsp3) is 0.333. The molecule has 0 unspecified atom stereocenters. The van der Waals surface area contributed by atoms with Crippen LogP contribution in [0.15, 0.2) is 17.0 Å². The van der Waals surface area contributed by atoms with Crippen molar-refractivity contribution in [2.45, 2.75) is 11.3 Å². The molecule has 1 saturated heterocycles. The summed E-state index contributed by atoms with van der Waals surface area (Å²) in [6, 6.07) is 0.623. The molecule has 17 heavy (non-hydrogen) atoms. The van der Waals surface area contributed by atoms with Crippen molar-refractivity contribution >= 4 is 10.0 Å². The largest absolute Gasteiger partial charge is 0.284 e. The number of nitrogens with zero attached hydrogens (tertiary/aromatic N) is 1. The van der Waals surface area contributed by atoms with Crippen molar-refractivity contribution in [1.82, 2.24) is 4.47 Å². The predicted molar refractivity (Wildman–Crippen MR) is 50.8 cm³/mol. The first-order valence-corrected chi connectivity index (χ1v) is 6.17. The van der Waals surface area contributed by atoms with Crippen LogP contribution in [-0.2, 0) is 14.9 Å². The first-order valence-electron chi connectivity index (χ1n) is 4.73. The van der Waals surface area contributed by atoms with Gasteiger partial charge in [0.05, 0.1) is 6.61 Å². The Morgan fingerprint density at radius 2 is 1.76 bits per heavy atom. The summed E-state index contributed by atoms with van der Waals surface area (Å²) in [7, 11) is -4.42. The summed E-state index contributed by atoms with van der Waals surface area (Å²) < 4.78 is 63.4. The van der Waals surface area contributed by atoms with Gasteiger partial charge in [0.15, 0.2) is 4.90 Å². The topological polar surface area (TPSA) is 46.6 Å². The van der Waals surface area contributed by atoms with E-state index < -0.39 is 32.4 Å². The second kappa shape index (κ2) is 4.28. The van der Waals surface area contributed by atoms with E-state index in [9.17, 15) is 21.6 Å². The SMILES string of the molecule is O=S(=O)(c1c(F)cc(F)cc1F)N1CCCO1. The van der Waals surface area contributed by atoms with Crippen LogP contribution in [0.2, 0.25) is 0 Å². The highest BCUT2D eigenvalue weighted by molar-refractivity contribution is 7.89. The Morgan fingerprint density at radius 1 is 1.18 bits per heavy atom. The number of sulfonamides is 1. The lowest BCUT2D eigenvalue weighted by molar-refractivity contribution is -0.0288. The maximum atomic E-state index is 13.3. The zero-order valence-corrected chi connectivity index (χ0v) is 9.31. The monoisotopic (exact) mass is 267 g/mol. The van der Waals surface area contributed by atoms with E-state index in [1.807, 2.05) is 0 Å². The Balaban J connectivity index is 2.53. The lowest BCUT2D eigenvalue weighted by Crippen LogP contribution is -2.28. The lowest BCUT2D eigenvalue weighted by atomic mass is 10.3. The highest BCUT2D eigenvalue weighted by Gasteiger charge is 2.34. The van der Waals surface area contributed by atoms with Crippen LogP contribution < -0.4 is 0 Å². The van der Waals surface area contributed by atoms with Gasteiger partial charge in [-0.1, -0.05) is 4.47 Å². The number of rotatable bonds is 2. The van der Waals surface area contributed by atoms with Crippen LogP contribution >= 0.6 is 0 Å². The van der Waals surface area contributed by atoms with Crippen LogP contribution in [0.3, 0.4) is 0 Å². The van der Waals surface area contributed by atoms with E-state index in [4.69, 9.17) is 4.84 Å². The van der Waals surface area contributed by atoms with Gasteiger partial charge in [-0.2, -0.15) is 0 Å². The number of hydrogen-bond donors (Lipinski definition) is 0. The average molecular weight is 267 g/mol. The van der Waals surface area contributed by atoms with E-state index in [0.717, 1.165) is 0 Å². The lowest BCUT2D eigenvalue weighted by Gasteiger charge is -2.15. The second-order valence-corrected chi connectivity index (χ2v) is 5.18. The molecule has 8 heteroatoms. The summed E-state index contributed by atoms with van der Waals surface area (Å²) in [5.74, 6) is -4.13. The molecule has 1 aromatic carbocycles. The molecule has 0 atom stereocenters. The zero-order valence-electron chi connectivity index (χ0n) is 8.49. The van der Waals surface area contributed by atoms with Crippen LogP contribution in [0.25, 0.3) is 0 Å². The van der Waals surface area contributed by atoms with Gasteiger partial charge in [-0.25, -0.2) is 21.6 Å². The van der Waals surface area contributed by atoms with Crippen LogP contribution in [0.5, 0.6) is 0 Å². The molecule has 0 N–H and O–H groups in total. The molecule has 4 nitrogen and oxygen atoms in total. The highest BCUT2D eigenvalue weighted by Crippen LogP contribution is 2.25. The Kier molecular flexibility index (Phi) is 3.11. The summed E-state index contributed by atoms with van der Waals surface area (Å²) in [4.78, 5) is 3.54. The molecule has 0 aromatic heterocycles. The standard InChI is InChI=1S/C9H8F3NO3S/c10-6-4-7(11)9(8(12)5-6)17(14,15)13-2-1-3-16-13/h4-5H,1-3H2. The molecular weight excluding hydrogens is 259 g/mol. The molecular formula is C9H8F3NO3S. The van der Waals surface area contributed by atoms with E-state index in [0.29, 0.717) is 23.0 Å². The molecule has 1 aliphatic rings. The van der Waals surface area contributed by atoms with Crippen molar-refractivity contribution in [3.8, 4) is 0 Å². The first kappa shape index (κ1) is 12.3. The van der Waals surface area contributed by atoms with E-state index >= 15 is 0 Å². The van der Waals surface area contributed by atoms with Gasteiger partial charge in [0, 0.05) is 18.7 Å². The molecule has 0 saturated carbocycles. The number of benzene rings is 1. The summed E-state index contributed by atoms with van der Waals surface area (Å²) in [6.45, 7) is 0.169. The van der Waals surface area contributed by atoms with Gasteiger partial charge < -0.3 is 0 Å². The fourth-order valence-corrected chi connectivity index (χ4v) is 2.89. The van der Waals surface area contributed by atoms with Crippen LogP contribution in [-0.4, -0.2) is 26.0 Å². The quantitative estimate of drug-likeness (QED) is 0.814. The maximum absolute atomic E-state index is 13.3. The third kappa shape index (κ3) is 2.15. The predicted octanol–water partition coefficient (Wildman–Crippen LogP) is 1.43. The summed E-state index contributed by atoms with van der Waals surface area (Å²) in [5, 5.41) is 0. The van der Waals surface area contributed by atoms with Gasteiger partial charge in [-0.05, 0) is 6.42 Å². The average Bonchev–Trinajstić information content (AvgIpc) is 2.67. The zero-order chi connectivity index (χ0) is 12.6. The Morgan fingerprint density at radius 3 is 2.24 bits per heavy atom. The minimum absolute atomic E-state index is 0.0125. The molecule has 1 aromatic rings. The molecule has 1 heterocycles. The molecule has 94 valence electrons. The molecule has 0 bridgehead atoms. The molecule has 2 rings (SSSR count). The van der Waals surface area contributed by atoms with Gasteiger partial charge in [0.2, 0.25) is 0 Å². The smallest absolute Gasteiger partial charge is 0.270 e. The van der Waals surface area contributed by atoms with E-state index in [1.165, 1.54) is 0 Å². The van der Waals surface area contributed by atoms with Crippen molar-refractivity contribution in [3.05, 3.63) is 29.6 Å². The van der Waals surface area contributed by atoms with Gasteiger partial charge in [-0.3, -0.25) is 4.84 Å². The fourth-order valence-electron chi connectivity index (χ4n) is 1.49. The van der Waals surface area contributed by atoms with Crippen LogP contribution in [0, 0.1) is 17.5 Å². The maximum Gasteiger partial charge on any atom is 0.270 e. The van der Waals surface area contributed by atoms with Gasteiger partial charge in [0.1, 0.15) is 17.5 Å². The Hall–Kier alpha value is -1.12. The molecule has 0 spiro atoms. The molecule has 1 aliphatic heterocycles. The first-order chi connectivity index (χ1) is 7.93. The number of hydrogen-bond acceptors (Lipinski definition) is 3. The van der Waals surface area contributed by atoms with Crippen molar-refractivity contribution in [3.63, 3.8) is 0 Å². The Labute approximate surface area is 95.6 Å². The second-order valence-electron chi connectivity index (χ2n) is 3.42. The molecule has 0 amide bonds. The van der Waals surface area contributed by atoms with Crippen molar-refractivity contribution in [1.29, 1.82) is 0 Å². The van der Waals surface area contributed by atoms with E-state index in [2.05, 4.69) is 0 Å². The molecule has 1 fully saturated rings. The summed E-state index contributed by atoms with van der Waals surface area (Å²) in [5.41, 5.74) is 0. The normalized spacial score (nSPS) is 17.6. The van der Waals surface area contributed by atoms with Crippen LogP contribution in [0.4, 0.5) is 13.2 Å². The molecule has 0 radical (unpaired) electrons. The van der Waals surface area contributed by atoms with Gasteiger partial charge in [0.25, 0.3) is 10.0 Å². The van der Waals surface area contributed by atoms with Gasteiger partial charge in [-0.15, -0.1) is 0 Å². The number of halogens is 3. The highest BCUT2D eigenvalue weighted by atomic mass is 32.2. The van der Waals surface area contributed by atoms with Crippen molar-refractivity contribution in [2.75, 3.05) is 13.2 Å². The van der Waals surface area contributed by atoms with E-state index in [-0.39, 0.29) is 13.2 Å². The van der Waals surface area contributed by atoms with E-state index in [1.54, 1.807) is 0 Å². The third-order valence-electron chi connectivity index (χ3n) is 2.21. The van der Waals surface area contributed by atoms with Crippen molar-refractivity contribution in [2.24, 2.45) is 0 Å². The van der Waals surface area contributed by atoms with Gasteiger partial charge >= 0.3 is 0 Å². The third-order valence-corrected chi connectivity index (χ3v) is 3.94. The van der Waals surface area contributed by atoms with Crippen molar-refractivity contribution < 1.29 is 26.4 Å². The van der Waals surface area contributed by atoms with Crippen LogP contribution in [0.1, 0.15) is 6.42 Å². The summed E-state index contributed by atoms with van der Waals surface area (Å²) >= 11 is 0.